The smallest absolute Gasteiger partial charge is 0.119 e. The molecule has 1 aliphatic carbocycles. The molecule has 25 heavy (non-hydrogen) atoms. The lowest BCUT2D eigenvalue weighted by Gasteiger charge is -2.37. The highest BCUT2D eigenvalue weighted by atomic mass is 35.5. The molecule has 3 aliphatic rings. The largest absolute Gasteiger partial charge is 0.489 e. The molecule has 1 fully saturated rings. The van der Waals surface area contributed by atoms with Gasteiger partial charge in [0, 0.05) is 28.1 Å². The highest BCUT2D eigenvalue weighted by Crippen LogP contribution is 2.50. The topological polar surface area (TPSA) is 21.3 Å². The molecule has 0 saturated carbocycles. The predicted octanol–water partition coefficient (Wildman–Crippen LogP) is 5.66. The molecule has 1 saturated heterocycles. The summed E-state index contributed by atoms with van der Waals surface area (Å²) in [7, 11) is 0. The van der Waals surface area contributed by atoms with Crippen LogP contribution in [-0.4, -0.2) is 17.6 Å². The summed E-state index contributed by atoms with van der Waals surface area (Å²) in [6, 6.07) is 15.2. The van der Waals surface area contributed by atoms with Gasteiger partial charge in [0.15, 0.2) is 0 Å². The van der Waals surface area contributed by atoms with Crippen LogP contribution >= 0.6 is 23.4 Å². The molecule has 3 atom stereocenters. The first kappa shape index (κ1) is 15.7. The normalized spacial score (nSPS) is 27.2. The summed E-state index contributed by atoms with van der Waals surface area (Å²) in [6.45, 7) is 0. The predicted molar refractivity (Wildman–Crippen MR) is 106 cm³/mol. The number of rotatable bonds is 3. The van der Waals surface area contributed by atoms with E-state index in [9.17, 15) is 0 Å². The van der Waals surface area contributed by atoms with Gasteiger partial charge in [0.05, 0.1) is 6.04 Å². The molecule has 0 bridgehead atoms. The number of fused-ring (bicyclic) bond motifs is 3. The summed E-state index contributed by atoms with van der Waals surface area (Å²) >= 11 is 8.17. The Balaban J connectivity index is 1.42. The fourth-order valence-electron chi connectivity index (χ4n) is 4.12. The van der Waals surface area contributed by atoms with Crippen molar-refractivity contribution >= 4 is 29.1 Å². The van der Waals surface area contributed by atoms with Gasteiger partial charge in [-0.25, -0.2) is 0 Å². The summed E-state index contributed by atoms with van der Waals surface area (Å²) in [5.41, 5.74) is 3.86. The quantitative estimate of drug-likeness (QED) is 0.705. The van der Waals surface area contributed by atoms with Crippen molar-refractivity contribution in [2.45, 2.75) is 24.5 Å². The van der Waals surface area contributed by atoms with E-state index >= 15 is 0 Å². The van der Waals surface area contributed by atoms with Crippen LogP contribution in [0.25, 0.3) is 0 Å². The molecule has 128 valence electrons. The molecule has 2 heterocycles. The van der Waals surface area contributed by atoms with Crippen molar-refractivity contribution in [1.29, 1.82) is 0 Å². The highest BCUT2D eigenvalue weighted by molar-refractivity contribution is 8.00. The zero-order chi connectivity index (χ0) is 16.8. The Bertz CT molecular complexity index is 815. The summed E-state index contributed by atoms with van der Waals surface area (Å²) in [5, 5.41) is 4.57. The van der Waals surface area contributed by atoms with Crippen LogP contribution in [0.1, 0.15) is 29.5 Å². The molecule has 0 aromatic heterocycles. The van der Waals surface area contributed by atoms with Crippen molar-refractivity contribution in [2.24, 2.45) is 5.92 Å². The molecule has 2 aromatic carbocycles. The lowest BCUT2D eigenvalue weighted by Crippen LogP contribution is -2.31. The fourth-order valence-corrected chi connectivity index (χ4v) is 4.87. The van der Waals surface area contributed by atoms with Crippen LogP contribution in [0.15, 0.2) is 54.6 Å². The van der Waals surface area contributed by atoms with Crippen molar-refractivity contribution in [1.82, 2.24) is 0 Å². The number of thioether (sulfide) groups is 1. The van der Waals surface area contributed by atoms with Crippen LogP contribution in [0.4, 0.5) is 5.69 Å². The Kier molecular flexibility index (Phi) is 3.94. The summed E-state index contributed by atoms with van der Waals surface area (Å²) in [4.78, 5) is 0. The van der Waals surface area contributed by atoms with E-state index in [0.717, 1.165) is 28.7 Å². The van der Waals surface area contributed by atoms with Gasteiger partial charge in [0.1, 0.15) is 11.9 Å². The van der Waals surface area contributed by atoms with Gasteiger partial charge in [-0.2, -0.15) is 11.8 Å². The number of ether oxygens (including phenoxy) is 1. The number of allylic oxidation sites excluding steroid dienone is 2. The molecule has 4 heteroatoms. The second-order valence-electron chi connectivity index (χ2n) is 7.05. The zero-order valence-electron chi connectivity index (χ0n) is 13.8. The van der Waals surface area contributed by atoms with Gasteiger partial charge in [-0.1, -0.05) is 35.9 Å². The van der Waals surface area contributed by atoms with Crippen LogP contribution in [0.2, 0.25) is 5.02 Å². The van der Waals surface area contributed by atoms with Crippen LogP contribution < -0.4 is 10.1 Å². The van der Waals surface area contributed by atoms with E-state index in [1.165, 1.54) is 16.8 Å². The molecule has 0 amide bonds. The van der Waals surface area contributed by atoms with Gasteiger partial charge in [-0.15, -0.1) is 0 Å². The number of anilines is 1. The monoisotopic (exact) mass is 369 g/mol. The summed E-state index contributed by atoms with van der Waals surface area (Å²) < 4.78 is 5.98. The minimum Gasteiger partial charge on any atom is -0.489 e. The van der Waals surface area contributed by atoms with Gasteiger partial charge in [0.2, 0.25) is 0 Å². The van der Waals surface area contributed by atoms with Gasteiger partial charge < -0.3 is 10.1 Å². The maximum atomic E-state index is 6.23. The Morgan fingerprint density at radius 3 is 2.68 bits per heavy atom. The fraction of sp³-hybridized carbons (Fsp3) is 0.333. The Labute approximate surface area is 157 Å². The van der Waals surface area contributed by atoms with Gasteiger partial charge in [-0.05, 0) is 53.8 Å². The number of nitrogens with one attached hydrogen (secondary N) is 1. The maximum Gasteiger partial charge on any atom is 0.119 e. The molecular formula is C21H20ClNOS. The van der Waals surface area contributed by atoms with Gasteiger partial charge >= 0.3 is 0 Å². The van der Waals surface area contributed by atoms with E-state index in [2.05, 4.69) is 53.9 Å². The summed E-state index contributed by atoms with van der Waals surface area (Å²) in [6.07, 6.45) is 6.15. The first-order valence-corrected chi connectivity index (χ1v) is 10.4. The van der Waals surface area contributed by atoms with Crippen LogP contribution in [0.5, 0.6) is 5.75 Å². The summed E-state index contributed by atoms with van der Waals surface area (Å²) in [5.74, 6) is 4.20. The molecule has 0 radical (unpaired) electrons. The molecule has 2 aromatic rings. The second kappa shape index (κ2) is 6.30. The number of benzene rings is 2. The third-order valence-electron chi connectivity index (χ3n) is 5.47. The molecule has 5 rings (SSSR count). The first-order chi connectivity index (χ1) is 12.3. The van der Waals surface area contributed by atoms with Crippen molar-refractivity contribution in [3.63, 3.8) is 0 Å². The molecule has 1 N–H and O–H groups in total. The molecule has 2 nitrogen and oxygen atoms in total. The number of hydrogen-bond acceptors (Lipinski definition) is 3. The van der Waals surface area contributed by atoms with E-state index in [-0.39, 0.29) is 0 Å². The zero-order valence-corrected chi connectivity index (χ0v) is 15.4. The average molecular weight is 370 g/mol. The first-order valence-electron chi connectivity index (χ1n) is 8.85. The third-order valence-corrected chi connectivity index (χ3v) is 6.92. The van der Waals surface area contributed by atoms with Crippen LogP contribution in [-0.2, 0) is 0 Å². The average Bonchev–Trinajstić information content (AvgIpc) is 3.08. The van der Waals surface area contributed by atoms with Gasteiger partial charge in [0.25, 0.3) is 0 Å². The highest BCUT2D eigenvalue weighted by Gasteiger charge is 2.37. The number of halogens is 1. The van der Waals surface area contributed by atoms with Crippen LogP contribution in [0, 0.1) is 5.92 Å². The van der Waals surface area contributed by atoms with E-state index in [1.807, 2.05) is 17.8 Å². The Morgan fingerprint density at radius 1 is 1.08 bits per heavy atom. The maximum absolute atomic E-state index is 6.23. The van der Waals surface area contributed by atoms with E-state index < -0.39 is 0 Å². The van der Waals surface area contributed by atoms with Gasteiger partial charge in [-0.3, -0.25) is 0 Å². The lowest BCUT2D eigenvalue weighted by molar-refractivity contribution is 0.240. The van der Waals surface area contributed by atoms with Crippen molar-refractivity contribution in [2.75, 3.05) is 16.8 Å². The van der Waals surface area contributed by atoms with Crippen molar-refractivity contribution < 1.29 is 4.74 Å². The molecule has 2 aliphatic heterocycles. The molecule has 0 unspecified atom stereocenters. The second-order valence-corrected chi connectivity index (χ2v) is 8.56. The Morgan fingerprint density at radius 2 is 1.92 bits per heavy atom. The standard InChI is InChI=1S/C21H20ClNOS/c22-14-6-9-20-19(10-14)17-2-1-3-18(17)21(23-20)13-4-7-15(8-5-13)24-16-11-25-12-16/h1-2,4-10,16-18,21,23H,3,11-12H2/t17-,18+,21+/m1/s1. The van der Waals surface area contributed by atoms with E-state index in [1.54, 1.807) is 0 Å². The van der Waals surface area contributed by atoms with Crippen LogP contribution in [0.3, 0.4) is 0 Å². The minimum absolute atomic E-state index is 0.321. The SMILES string of the molecule is Clc1ccc2c(c1)[C@@H]1C=CC[C@@H]1[C@H](c1ccc(OC3CSC3)cc1)N2. The third kappa shape index (κ3) is 2.84. The molecular weight excluding hydrogens is 350 g/mol. The van der Waals surface area contributed by atoms with E-state index in [4.69, 9.17) is 16.3 Å². The lowest BCUT2D eigenvalue weighted by atomic mass is 9.77. The Hall–Kier alpha value is -1.58. The van der Waals surface area contributed by atoms with Crippen molar-refractivity contribution in [3.8, 4) is 5.75 Å². The molecule has 0 spiro atoms. The van der Waals surface area contributed by atoms with E-state index in [0.29, 0.717) is 24.0 Å². The van der Waals surface area contributed by atoms with Crippen molar-refractivity contribution in [3.05, 3.63) is 70.8 Å². The minimum atomic E-state index is 0.321. The number of hydrogen-bond donors (Lipinski definition) is 1.